The second kappa shape index (κ2) is 5.90. The van der Waals surface area contributed by atoms with E-state index < -0.39 is 4.92 Å². The third-order valence-corrected chi connectivity index (χ3v) is 4.12. The zero-order valence-electron chi connectivity index (χ0n) is 11.8. The Morgan fingerprint density at radius 2 is 2.36 bits per heavy atom. The molecule has 0 radical (unpaired) electrons. The highest BCUT2D eigenvalue weighted by Gasteiger charge is 2.28. The van der Waals surface area contributed by atoms with Gasteiger partial charge in [0.2, 0.25) is 0 Å². The quantitative estimate of drug-likeness (QED) is 0.511. The lowest BCUT2D eigenvalue weighted by atomic mass is 10.0. The number of nitrogens with zero attached hydrogens (tertiary/aromatic N) is 2. The number of hydrogen-bond acceptors (Lipinski definition) is 5. The van der Waals surface area contributed by atoms with Crippen LogP contribution in [-0.4, -0.2) is 27.6 Å². The minimum atomic E-state index is -0.416. The van der Waals surface area contributed by atoms with Gasteiger partial charge in [0, 0.05) is 36.4 Å². The summed E-state index contributed by atoms with van der Waals surface area (Å²) in [5, 5.41) is 11.1. The summed E-state index contributed by atoms with van der Waals surface area (Å²) in [5.74, 6) is 0.367. The van der Waals surface area contributed by atoms with Crippen LogP contribution in [0, 0.1) is 14.9 Å². The van der Waals surface area contributed by atoms with E-state index in [2.05, 4.69) is 4.98 Å². The maximum absolute atomic E-state index is 11.1. The van der Waals surface area contributed by atoms with Gasteiger partial charge in [-0.05, 0) is 18.8 Å². The summed E-state index contributed by atoms with van der Waals surface area (Å²) in [7, 11) is 0. The Morgan fingerprint density at radius 1 is 1.55 bits per heavy atom. The smallest absolute Gasteiger partial charge is 0.311 e. The predicted octanol–water partition coefficient (Wildman–Crippen LogP) is 2.13. The van der Waals surface area contributed by atoms with Gasteiger partial charge in [-0.2, -0.15) is 0 Å². The molecule has 1 aromatic carbocycles. The number of nitrogens with one attached hydrogen (secondary N) is 1. The zero-order valence-corrected chi connectivity index (χ0v) is 12.6. The highest BCUT2D eigenvalue weighted by Crippen LogP contribution is 2.37. The molecule has 7 nitrogen and oxygen atoms in total. The minimum absolute atomic E-state index is 0.00908. The highest BCUT2D eigenvalue weighted by atomic mass is 32.1. The third kappa shape index (κ3) is 2.51. The van der Waals surface area contributed by atoms with Gasteiger partial charge in [-0.1, -0.05) is 12.1 Å². The van der Waals surface area contributed by atoms with Gasteiger partial charge >= 0.3 is 5.69 Å². The van der Waals surface area contributed by atoms with Gasteiger partial charge in [-0.15, -0.1) is 0 Å². The molecular weight excluding hydrogens is 304 g/mol. The number of para-hydroxylation sites is 1. The number of hydrogen-bond donors (Lipinski definition) is 2. The van der Waals surface area contributed by atoms with E-state index in [1.807, 2.05) is 16.8 Å². The molecule has 0 unspecified atom stereocenters. The molecule has 0 saturated heterocycles. The molecule has 3 rings (SSSR count). The summed E-state index contributed by atoms with van der Waals surface area (Å²) >= 11 is 5.34. The number of nitro benzene ring substituents is 1. The van der Waals surface area contributed by atoms with Crippen molar-refractivity contribution in [2.24, 2.45) is 5.73 Å². The fourth-order valence-corrected chi connectivity index (χ4v) is 3.18. The molecule has 0 amide bonds. The summed E-state index contributed by atoms with van der Waals surface area (Å²) in [6.07, 6.45) is 3.21. The van der Waals surface area contributed by atoms with E-state index >= 15 is 0 Å². The zero-order chi connectivity index (χ0) is 15.7. The first kappa shape index (κ1) is 14.7. The largest absolute Gasteiger partial charge is 0.484 e. The number of nitro groups is 1. The van der Waals surface area contributed by atoms with Crippen molar-refractivity contribution in [3.8, 4) is 5.75 Å². The fourth-order valence-electron chi connectivity index (χ4n) is 2.86. The van der Waals surface area contributed by atoms with Gasteiger partial charge in [0.1, 0.15) is 6.61 Å². The van der Waals surface area contributed by atoms with Crippen molar-refractivity contribution < 1.29 is 9.66 Å². The Kier molecular flexibility index (Phi) is 3.95. The lowest BCUT2D eigenvalue weighted by molar-refractivity contribution is -0.386. The van der Waals surface area contributed by atoms with E-state index in [1.165, 1.54) is 6.07 Å². The van der Waals surface area contributed by atoms with Crippen molar-refractivity contribution in [2.75, 3.05) is 13.2 Å². The Bertz CT molecular complexity index is 768. The molecule has 0 saturated carbocycles. The number of rotatable bonds is 4. The molecule has 0 spiro atoms. The van der Waals surface area contributed by atoms with Crippen molar-refractivity contribution in [3.63, 3.8) is 0 Å². The minimum Gasteiger partial charge on any atom is -0.484 e. The molecule has 0 bridgehead atoms. The topological polar surface area (TPSA) is 99.1 Å². The van der Waals surface area contributed by atoms with Crippen LogP contribution in [0.2, 0.25) is 0 Å². The number of aromatic nitrogens is 2. The Labute approximate surface area is 131 Å². The van der Waals surface area contributed by atoms with Crippen LogP contribution in [0.15, 0.2) is 24.4 Å². The van der Waals surface area contributed by atoms with Crippen LogP contribution in [0.5, 0.6) is 5.75 Å². The molecule has 1 aliphatic heterocycles. The summed E-state index contributed by atoms with van der Waals surface area (Å²) in [6.45, 7) is 0.879. The second-order valence-corrected chi connectivity index (χ2v) is 5.57. The highest BCUT2D eigenvalue weighted by molar-refractivity contribution is 7.71. The summed E-state index contributed by atoms with van der Waals surface area (Å²) in [4.78, 5) is 13.7. The average molecular weight is 320 g/mol. The molecular formula is C14H16N4O3S. The molecule has 116 valence electrons. The Morgan fingerprint density at radius 3 is 3.09 bits per heavy atom. The lowest BCUT2D eigenvalue weighted by Gasteiger charge is -2.27. The van der Waals surface area contributed by atoms with Gasteiger partial charge in [0.15, 0.2) is 10.5 Å². The predicted molar refractivity (Wildman–Crippen MR) is 83.7 cm³/mol. The summed E-state index contributed by atoms with van der Waals surface area (Å²) in [6, 6.07) is 5.00. The number of imidazole rings is 1. The molecule has 8 heteroatoms. The molecule has 1 aliphatic rings. The first-order valence-corrected chi connectivity index (χ1v) is 7.40. The Hall–Kier alpha value is -2.19. The van der Waals surface area contributed by atoms with E-state index in [4.69, 9.17) is 22.7 Å². The Balaban J connectivity index is 1.96. The van der Waals surface area contributed by atoms with E-state index in [1.54, 1.807) is 6.07 Å². The monoisotopic (exact) mass is 320 g/mol. The van der Waals surface area contributed by atoms with Crippen LogP contribution in [-0.2, 0) is 12.8 Å². The lowest BCUT2D eigenvalue weighted by Crippen LogP contribution is -2.26. The van der Waals surface area contributed by atoms with Crippen LogP contribution in [0.1, 0.15) is 17.3 Å². The molecule has 1 aromatic heterocycles. The molecule has 22 heavy (non-hydrogen) atoms. The summed E-state index contributed by atoms with van der Waals surface area (Å²) in [5.41, 5.74) is 7.49. The van der Waals surface area contributed by atoms with Gasteiger partial charge in [0.05, 0.1) is 11.0 Å². The molecule has 0 fully saturated rings. The molecule has 2 aromatic rings. The van der Waals surface area contributed by atoms with Crippen LogP contribution in [0.4, 0.5) is 5.69 Å². The van der Waals surface area contributed by atoms with E-state index in [0.717, 1.165) is 11.3 Å². The number of ether oxygens (including phenoxy) is 1. The number of benzene rings is 1. The van der Waals surface area contributed by atoms with Crippen LogP contribution in [0.3, 0.4) is 0 Å². The van der Waals surface area contributed by atoms with Crippen LogP contribution < -0.4 is 10.5 Å². The SMILES string of the molecule is NCCc1c[nH]c(=S)n1[C@@H]1COc2c(cccc2[N+](=O)[O-])C1. The van der Waals surface area contributed by atoms with Crippen molar-refractivity contribution in [3.05, 3.63) is 50.5 Å². The summed E-state index contributed by atoms with van der Waals surface area (Å²) < 4.78 is 8.31. The number of fused-ring (bicyclic) bond motifs is 1. The first-order chi connectivity index (χ1) is 10.6. The van der Waals surface area contributed by atoms with E-state index in [-0.39, 0.29) is 11.7 Å². The molecule has 3 N–H and O–H groups in total. The maximum atomic E-state index is 11.1. The van der Waals surface area contributed by atoms with E-state index in [0.29, 0.717) is 36.5 Å². The number of H-pyrrole nitrogens is 1. The van der Waals surface area contributed by atoms with Gasteiger partial charge in [-0.25, -0.2) is 0 Å². The van der Waals surface area contributed by atoms with Crippen molar-refractivity contribution in [1.82, 2.24) is 9.55 Å². The second-order valence-electron chi connectivity index (χ2n) is 5.19. The third-order valence-electron chi connectivity index (χ3n) is 3.80. The van der Waals surface area contributed by atoms with Crippen molar-refractivity contribution in [2.45, 2.75) is 18.9 Å². The first-order valence-electron chi connectivity index (χ1n) is 6.99. The molecule has 0 aliphatic carbocycles. The van der Waals surface area contributed by atoms with Crippen molar-refractivity contribution in [1.29, 1.82) is 0 Å². The van der Waals surface area contributed by atoms with Crippen LogP contribution >= 0.6 is 12.2 Å². The average Bonchev–Trinajstić information content (AvgIpc) is 2.87. The van der Waals surface area contributed by atoms with Crippen LogP contribution in [0.25, 0.3) is 0 Å². The number of nitrogens with two attached hydrogens (primary N) is 1. The fraction of sp³-hybridized carbons (Fsp3) is 0.357. The van der Waals surface area contributed by atoms with Gasteiger partial charge in [0.25, 0.3) is 0 Å². The van der Waals surface area contributed by atoms with Gasteiger partial charge in [-0.3, -0.25) is 10.1 Å². The maximum Gasteiger partial charge on any atom is 0.311 e. The molecule has 2 heterocycles. The van der Waals surface area contributed by atoms with Crippen molar-refractivity contribution >= 4 is 17.9 Å². The molecule has 1 atom stereocenters. The standard InChI is InChI=1S/C14H16N4O3S/c15-5-4-10-7-16-14(22)17(10)11-6-9-2-1-3-12(18(19)20)13(9)21-8-11/h1-3,7,11H,4-6,8,15H2,(H,16,22)/t11-/m0/s1. The van der Waals surface area contributed by atoms with E-state index in [9.17, 15) is 10.1 Å². The normalized spacial score (nSPS) is 16.9. The number of aromatic amines is 1. The van der Waals surface area contributed by atoms with Gasteiger partial charge < -0.3 is 20.0 Å².